The van der Waals surface area contributed by atoms with Gasteiger partial charge >= 0.3 is 0 Å². The summed E-state index contributed by atoms with van der Waals surface area (Å²) in [6.07, 6.45) is 4.78. The number of nitrogens with one attached hydrogen (secondary N) is 1. The van der Waals surface area contributed by atoms with Crippen LogP contribution in [0, 0.1) is 0 Å². The minimum atomic E-state index is -3.92. The van der Waals surface area contributed by atoms with Gasteiger partial charge in [0.2, 0.25) is 15.9 Å². The molecule has 12 heteroatoms. The first kappa shape index (κ1) is 29.1. The Bertz CT molecular complexity index is 1610. The van der Waals surface area contributed by atoms with Crippen molar-refractivity contribution in [2.75, 3.05) is 22.7 Å². The molecule has 212 valence electrons. The summed E-state index contributed by atoms with van der Waals surface area (Å²) >= 11 is 9.27. The van der Waals surface area contributed by atoms with E-state index in [-0.39, 0.29) is 28.9 Å². The molecular formula is C28H29BrClN3O5S2. The van der Waals surface area contributed by atoms with Gasteiger partial charge in [-0.15, -0.1) is 0 Å². The number of sulfonamides is 2. The summed E-state index contributed by atoms with van der Waals surface area (Å²) in [5, 5.41) is 3.24. The number of amides is 1. The van der Waals surface area contributed by atoms with Gasteiger partial charge in [0.1, 0.15) is 0 Å². The van der Waals surface area contributed by atoms with E-state index in [0.29, 0.717) is 35.7 Å². The fraction of sp³-hybridized carbons (Fsp3) is 0.321. The molecule has 5 rings (SSSR count). The molecule has 0 bridgehead atoms. The SMILES string of the molecule is O=C(CN(C1CCCCC1)S(=O)(=O)c1ccc(Br)cc1)Nc1ccc2c(c1)N(S(=O)(=O)c1ccc(Cl)cc1)CC2. The number of carbonyl (C=O) groups is 1. The van der Waals surface area contributed by atoms with E-state index in [0.717, 1.165) is 29.3 Å². The zero-order valence-corrected chi connectivity index (χ0v) is 25.6. The van der Waals surface area contributed by atoms with E-state index in [1.165, 1.54) is 45.0 Å². The highest BCUT2D eigenvalue weighted by atomic mass is 79.9. The Morgan fingerprint density at radius 3 is 2.25 bits per heavy atom. The summed E-state index contributed by atoms with van der Waals surface area (Å²) in [6, 6.07) is 17.2. The maximum atomic E-state index is 13.6. The predicted molar refractivity (Wildman–Crippen MR) is 160 cm³/mol. The van der Waals surface area contributed by atoms with Crippen molar-refractivity contribution >= 4 is 64.9 Å². The zero-order valence-electron chi connectivity index (χ0n) is 21.6. The van der Waals surface area contributed by atoms with E-state index in [9.17, 15) is 21.6 Å². The summed E-state index contributed by atoms with van der Waals surface area (Å²) in [5.41, 5.74) is 1.73. The average Bonchev–Trinajstić information content (AvgIpc) is 3.37. The number of benzene rings is 3. The van der Waals surface area contributed by atoms with Gasteiger partial charge in [-0.2, -0.15) is 4.31 Å². The van der Waals surface area contributed by atoms with Gasteiger partial charge < -0.3 is 5.32 Å². The van der Waals surface area contributed by atoms with Crippen LogP contribution in [0.3, 0.4) is 0 Å². The van der Waals surface area contributed by atoms with Gasteiger partial charge in [0.15, 0.2) is 0 Å². The number of carbonyl (C=O) groups excluding carboxylic acids is 1. The molecule has 1 aliphatic carbocycles. The molecule has 1 amide bonds. The van der Waals surface area contributed by atoms with Crippen molar-refractivity contribution in [2.24, 2.45) is 0 Å². The highest BCUT2D eigenvalue weighted by Crippen LogP contribution is 2.35. The topological polar surface area (TPSA) is 104 Å². The number of hydrogen-bond acceptors (Lipinski definition) is 5. The fourth-order valence-corrected chi connectivity index (χ4v) is 8.80. The van der Waals surface area contributed by atoms with Crippen molar-refractivity contribution in [3.05, 3.63) is 81.8 Å². The number of rotatable bonds is 8. The molecule has 3 aromatic carbocycles. The third-order valence-corrected chi connectivity index (χ3v) is 11.8. The van der Waals surface area contributed by atoms with Gasteiger partial charge in [0.25, 0.3) is 10.0 Å². The normalized spacial score (nSPS) is 16.2. The molecule has 8 nitrogen and oxygen atoms in total. The molecule has 1 aliphatic heterocycles. The highest BCUT2D eigenvalue weighted by Gasteiger charge is 2.35. The van der Waals surface area contributed by atoms with Crippen molar-refractivity contribution in [1.29, 1.82) is 0 Å². The van der Waals surface area contributed by atoms with Crippen LogP contribution in [0.4, 0.5) is 11.4 Å². The largest absolute Gasteiger partial charge is 0.325 e. The molecule has 0 aromatic heterocycles. The molecule has 1 saturated carbocycles. The van der Waals surface area contributed by atoms with Gasteiger partial charge in [-0.05, 0) is 85.5 Å². The molecule has 3 aromatic rings. The molecule has 1 N–H and O–H groups in total. The molecule has 0 atom stereocenters. The van der Waals surface area contributed by atoms with Crippen LogP contribution in [-0.4, -0.2) is 46.2 Å². The summed E-state index contributed by atoms with van der Waals surface area (Å²) in [6.45, 7) is -0.0640. The van der Waals surface area contributed by atoms with Crippen molar-refractivity contribution in [3.63, 3.8) is 0 Å². The van der Waals surface area contributed by atoms with Crippen molar-refractivity contribution < 1.29 is 21.6 Å². The van der Waals surface area contributed by atoms with E-state index in [2.05, 4.69) is 21.2 Å². The number of halogens is 2. The van der Waals surface area contributed by atoms with E-state index in [1.54, 1.807) is 30.3 Å². The van der Waals surface area contributed by atoms with Crippen LogP contribution >= 0.6 is 27.5 Å². The van der Waals surface area contributed by atoms with Crippen LogP contribution in [0.1, 0.15) is 37.7 Å². The second kappa shape index (κ2) is 11.8. The number of hydrogen-bond donors (Lipinski definition) is 1. The van der Waals surface area contributed by atoms with Crippen LogP contribution in [0.5, 0.6) is 0 Å². The maximum Gasteiger partial charge on any atom is 0.264 e. The molecule has 0 spiro atoms. The van der Waals surface area contributed by atoms with Crippen LogP contribution in [0.15, 0.2) is 81.0 Å². The highest BCUT2D eigenvalue weighted by molar-refractivity contribution is 9.10. The minimum Gasteiger partial charge on any atom is -0.325 e. The van der Waals surface area contributed by atoms with E-state index in [4.69, 9.17) is 11.6 Å². The lowest BCUT2D eigenvalue weighted by molar-refractivity contribution is -0.116. The smallest absolute Gasteiger partial charge is 0.264 e. The predicted octanol–water partition coefficient (Wildman–Crippen LogP) is 5.82. The van der Waals surface area contributed by atoms with Crippen molar-refractivity contribution in [3.8, 4) is 0 Å². The second-order valence-corrected chi connectivity index (χ2v) is 15.1. The van der Waals surface area contributed by atoms with Gasteiger partial charge in [0, 0.05) is 27.8 Å². The molecule has 1 fully saturated rings. The molecule has 0 radical (unpaired) electrons. The molecular weight excluding hydrogens is 638 g/mol. The van der Waals surface area contributed by atoms with Gasteiger partial charge in [-0.25, -0.2) is 16.8 Å². The van der Waals surface area contributed by atoms with Gasteiger partial charge in [0.05, 0.1) is 22.0 Å². The Morgan fingerprint density at radius 2 is 1.57 bits per heavy atom. The molecule has 1 heterocycles. The van der Waals surface area contributed by atoms with E-state index >= 15 is 0 Å². The molecule has 0 saturated heterocycles. The molecule has 2 aliphatic rings. The van der Waals surface area contributed by atoms with Crippen molar-refractivity contribution in [1.82, 2.24) is 4.31 Å². The summed E-state index contributed by atoms with van der Waals surface area (Å²) in [5.74, 6) is -0.490. The quantitative estimate of drug-likeness (QED) is 0.327. The van der Waals surface area contributed by atoms with Gasteiger partial charge in [-0.3, -0.25) is 9.10 Å². The lowest BCUT2D eigenvalue weighted by Gasteiger charge is -2.33. The third-order valence-electron chi connectivity index (χ3n) is 7.33. The summed E-state index contributed by atoms with van der Waals surface area (Å²) in [4.78, 5) is 13.5. The standard InChI is InChI=1S/C28H29BrClN3O5S2/c29-21-7-12-25(13-8-21)40(37,38)33(24-4-2-1-3-5-24)19-28(34)31-23-11-6-20-16-17-32(27(20)18-23)39(35,36)26-14-9-22(30)10-15-26/h6-15,18,24H,1-5,16-17,19H2,(H,31,34). The maximum absolute atomic E-state index is 13.6. The Morgan fingerprint density at radius 1 is 0.925 bits per heavy atom. The van der Waals surface area contributed by atoms with E-state index < -0.39 is 26.0 Å². The Hall–Kier alpha value is -2.44. The van der Waals surface area contributed by atoms with Gasteiger partial charge in [-0.1, -0.05) is 52.9 Å². The third kappa shape index (κ3) is 6.08. The monoisotopic (exact) mass is 665 g/mol. The van der Waals surface area contributed by atoms with Crippen molar-refractivity contribution in [2.45, 2.75) is 54.4 Å². The first-order valence-electron chi connectivity index (χ1n) is 13.0. The zero-order chi connectivity index (χ0) is 28.5. The minimum absolute atomic E-state index is 0.125. The Balaban J connectivity index is 1.37. The number of nitrogens with zero attached hydrogens (tertiary/aromatic N) is 2. The average molecular weight is 667 g/mol. The first-order chi connectivity index (χ1) is 19.1. The molecule has 0 unspecified atom stereocenters. The lowest BCUT2D eigenvalue weighted by Crippen LogP contribution is -2.45. The van der Waals surface area contributed by atoms with Crippen LogP contribution < -0.4 is 9.62 Å². The first-order valence-corrected chi connectivity index (χ1v) is 17.1. The fourth-order valence-electron chi connectivity index (χ4n) is 5.27. The van der Waals surface area contributed by atoms with Crippen LogP contribution in [0.2, 0.25) is 5.02 Å². The lowest BCUT2D eigenvalue weighted by atomic mass is 9.95. The Kier molecular flexibility index (Phi) is 8.58. The summed E-state index contributed by atoms with van der Waals surface area (Å²) < 4.78 is 57.4. The van der Waals surface area contributed by atoms with Crippen LogP contribution in [0.25, 0.3) is 0 Å². The number of fused-ring (bicyclic) bond motifs is 1. The Labute approximate surface area is 248 Å². The second-order valence-electron chi connectivity index (χ2n) is 9.97. The molecule has 40 heavy (non-hydrogen) atoms. The van der Waals surface area contributed by atoms with Crippen LogP contribution in [-0.2, 0) is 31.3 Å². The summed E-state index contributed by atoms with van der Waals surface area (Å²) in [7, 11) is -7.75. The van der Waals surface area contributed by atoms with E-state index in [1.807, 2.05) is 0 Å². The number of anilines is 2.